The number of hydrogen-bond acceptors (Lipinski definition) is 2. The molecule has 1 rings (SSSR count). The van der Waals surface area contributed by atoms with E-state index < -0.39 is 0 Å². The fraction of sp³-hybridized carbons (Fsp3) is 1.00. The molecule has 0 aliphatic heterocycles. The maximum Gasteiger partial charge on any atom is 0.0499 e. The minimum atomic E-state index is 0.551. The van der Waals surface area contributed by atoms with E-state index in [0.29, 0.717) is 17.4 Å². The Labute approximate surface area is 101 Å². The first kappa shape index (κ1) is 14.0. The van der Waals surface area contributed by atoms with E-state index in [0.717, 1.165) is 19.1 Å². The first-order valence-electron chi connectivity index (χ1n) is 6.67. The van der Waals surface area contributed by atoms with E-state index in [1.54, 1.807) is 7.11 Å². The van der Waals surface area contributed by atoms with Gasteiger partial charge in [-0.05, 0) is 36.5 Å². The fourth-order valence-electron chi connectivity index (χ4n) is 2.95. The molecule has 1 fully saturated rings. The van der Waals surface area contributed by atoms with E-state index >= 15 is 0 Å². The van der Waals surface area contributed by atoms with Crippen LogP contribution < -0.4 is 5.32 Å². The van der Waals surface area contributed by atoms with Crippen LogP contribution in [0.2, 0.25) is 0 Å². The SMILES string of the molecule is COCC(C)CNC1CCC(C)(C)CC1C. The zero-order valence-corrected chi connectivity index (χ0v) is 11.7. The Balaban J connectivity index is 2.28. The number of nitrogens with one attached hydrogen (secondary N) is 1. The minimum Gasteiger partial charge on any atom is -0.384 e. The van der Waals surface area contributed by atoms with Crippen molar-refractivity contribution in [2.45, 2.75) is 53.0 Å². The summed E-state index contributed by atoms with van der Waals surface area (Å²) in [5, 5.41) is 3.71. The normalized spacial score (nSPS) is 31.3. The summed E-state index contributed by atoms with van der Waals surface area (Å²) in [6, 6.07) is 0.715. The number of ether oxygens (including phenoxy) is 1. The van der Waals surface area contributed by atoms with E-state index in [4.69, 9.17) is 4.74 Å². The molecule has 2 heteroatoms. The zero-order chi connectivity index (χ0) is 12.2. The molecule has 3 atom stereocenters. The summed E-state index contributed by atoms with van der Waals surface area (Å²) in [5.41, 5.74) is 0.551. The van der Waals surface area contributed by atoms with Crippen LogP contribution in [0.3, 0.4) is 0 Å². The smallest absolute Gasteiger partial charge is 0.0499 e. The maximum atomic E-state index is 5.16. The molecule has 3 unspecified atom stereocenters. The third-order valence-corrected chi connectivity index (χ3v) is 3.87. The van der Waals surface area contributed by atoms with Gasteiger partial charge in [0.2, 0.25) is 0 Å². The molecule has 0 amide bonds. The maximum absolute atomic E-state index is 5.16. The second kappa shape index (κ2) is 6.02. The van der Waals surface area contributed by atoms with E-state index in [1.165, 1.54) is 19.3 Å². The second-order valence-corrected chi connectivity index (χ2v) is 6.46. The lowest BCUT2D eigenvalue weighted by Crippen LogP contribution is -2.43. The van der Waals surface area contributed by atoms with Crippen molar-refractivity contribution in [1.82, 2.24) is 5.32 Å². The average Bonchev–Trinajstić information content (AvgIpc) is 2.15. The number of hydrogen-bond donors (Lipinski definition) is 1. The van der Waals surface area contributed by atoms with E-state index in [9.17, 15) is 0 Å². The van der Waals surface area contributed by atoms with Crippen LogP contribution in [-0.4, -0.2) is 26.3 Å². The Hall–Kier alpha value is -0.0800. The average molecular weight is 227 g/mol. The van der Waals surface area contributed by atoms with Crippen LogP contribution in [0, 0.1) is 17.3 Å². The van der Waals surface area contributed by atoms with Gasteiger partial charge in [0.05, 0.1) is 0 Å². The molecule has 1 saturated carbocycles. The predicted octanol–water partition coefficient (Wildman–Crippen LogP) is 3.07. The molecule has 0 spiro atoms. The molecular weight excluding hydrogens is 198 g/mol. The van der Waals surface area contributed by atoms with Crippen molar-refractivity contribution in [3.63, 3.8) is 0 Å². The lowest BCUT2D eigenvalue weighted by molar-refractivity contribution is 0.130. The van der Waals surface area contributed by atoms with Gasteiger partial charge in [-0.1, -0.05) is 27.7 Å². The molecule has 0 bridgehead atoms. The van der Waals surface area contributed by atoms with Crippen molar-refractivity contribution in [3.05, 3.63) is 0 Å². The second-order valence-electron chi connectivity index (χ2n) is 6.46. The van der Waals surface area contributed by atoms with Crippen LogP contribution in [0.15, 0.2) is 0 Å². The van der Waals surface area contributed by atoms with Crippen molar-refractivity contribution in [2.24, 2.45) is 17.3 Å². The molecule has 96 valence electrons. The van der Waals surface area contributed by atoms with Crippen LogP contribution in [0.25, 0.3) is 0 Å². The topological polar surface area (TPSA) is 21.3 Å². The highest BCUT2D eigenvalue weighted by Gasteiger charge is 2.31. The van der Waals surface area contributed by atoms with E-state index in [2.05, 4.69) is 33.0 Å². The predicted molar refractivity (Wildman–Crippen MR) is 69.6 cm³/mol. The summed E-state index contributed by atoms with van der Waals surface area (Å²) in [7, 11) is 1.78. The van der Waals surface area contributed by atoms with Crippen molar-refractivity contribution < 1.29 is 4.74 Å². The summed E-state index contributed by atoms with van der Waals surface area (Å²) >= 11 is 0. The molecule has 0 heterocycles. The van der Waals surface area contributed by atoms with Crippen LogP contribution >= 0.6 is 0 Å². The Kier molecular flexibility index (Phi) is 5.26. The quantitative estimate of drug-likeness (QED) is 0.779. The molecule has 1 N–H and O–H groups in total. The molecule has 0 aromatic heterocycles. The Morgan fingerprint density at radius 2 is 2.12 bits per heavy atom. The van der Waals surface area contributed by atoms with E-state index in [1.807, 2.05) is 0 Å². The van der Waals surface area contributed by atoms with Crippen LogP contribution in [-0.2, 0) is 4.74 Å². The summed E-state index contributed by atoms with van der Waals surface area (Å²) in [4.78, 5) is 0. The first-order valence-corrected chi connectivity index (χ1v) is 6.67. The molecule has 16 heavy (non-hydrogen) atoms. The highest BCUT2D eigenvalue weighted by Crippen LogP contribution is 2.38. The molecule has 0 saturated heterocycles. The van der Waals surface area contributed by atoms with Crippen LogP contribution in [0.1, 0.15) is 47.0 Å². The number of methoxy groups -OCH3 is 1. The van der Waals surface area contributed by atoms with Crippen molar-refractivity contribution in [2.75, 3.05) is 20.3 Å². The van der Waals surface area contributed by atoms with Gasteiger partial charge in [0.1, 0.15) is 0 Å². The van der Waals surface area contributed by atoms with Gasteiger partial charge in [-0.3, -0.25) is 0 Å². The van der Waals surface area contributed by atoms with Crippen LogP contribution in [0.4, 0.5) is 0 Å². The summed E-state index contributed by atoms with van der Waals surface area (Å²) < 4.78 is 5.16. The van der Waals surface area contributed by atoms with Gasteiger partial charge in [-0.25, -0.2) is 0 Å². The molecular formula is C14H29NO. The lowest BCUT2D eigenvalue weighted by Gasteiger charge is -2.40. The first-order chi connectivity index (χ1) is 7.44. The molecule has 1 aliphatic carbocycles. The van der Waals surface area contributed by atoms with Gasteiger partial charge < -0.3 is 10.1 Å². The Morgan fingerprint density at radius 3 is 2.69 bits per heavy atom. The molecule has 2 nitrogen and oxygen atoms in total. The third kappa shape index (κ3) is 4.42. The largest absolute Gasteiger partial charge is 0.384 e. The van der Waals surface area contributed by atoms with Gasteiger partial charge in [0.25, 0.3) is 0 Å². The van der Waals surface area contributed by atoms with Gasteiger partial charge in [-0.15, -0.1) is 0 Å². The third-order valence-electron chi connectivity index (χ3n) is 3.87. The summed E-state index contributed by atoms with van der Waals surface area (Å²) in [6.07, 6.45) is 4.03. The van der Waals surface area contributed by atoms with Gasteiger partial charge >= 0.3 is 0 Å². The molecule has 1 aliphatic rings. The standard InChI is InChI=1S/C14H29NO/c1-11(10-16-5)9-15-13-6-7-14(3,4)8-12(13)2/h11-13,15H,6-10H2,1-5H3. The highest BCUT2D eigenvalue weighted by atomic mass is 16.5. The molecule has 0 aromatic carbocycles. The molecule has 0 aromatic rings. The summed E-state index contributed by atoms with van der Waals surface area (Å²) in [5.74, 6) is 1.42. The zero-order valence-electron chi connectivity index (χ0n) is 11.7. The van der Waals surface area contributed by atoms with Crippen molar-refractivity contribution in [1.29, 1.82) is 0 Å². The molecule has 0 radical (unpaired) electrons. The van der Waals surface area contributed by atoms with Gasteiger partial charge in [0, 0.05) is 26.3 Å². The van der Waals surface area contributed by atoms with Gasteiger partial charge in [-0.2, -0.15) is 0 Å². The monoisotopic (exact) mass is 227 g/mol. The van der Waals surface area contributed by atoms with Crippen molar-refractivity contribution in [3.8, 4) is 0 Å². The van der Waals surface area contributed by atoms with Crippen LogP contribution in [0.5, 0.6) is 0 Å². The summed E-state index contributed by atoms with van der Waals surface area (Å²) in [6.45, 7) is 11.4. The Morgan fingerprint density at radius 1 is 1.44 bits per heavy atom. The Bertz CT molecular complexity index is 203. The minimum absolute atomic E-state index is 0.551. The number of rotatable bonds is 5. The lowest BCUT2D eigenvalue weighted by atomic mass is 9.70. The van der Waals surface area contributed by atoms with Crippen molar-refractivity contribution >= 4 is 0 Å². The highest BCUT2D eigenvalue weighted by molar-refractivity contribution is 4.86. The van der Waals surface area contributed by atoms with E-state index in [-0.39, 0.29) is 0 Å². The van der Waals surface area contributed by atoms with Gasteiger partial charge in [0.15, 0.2) is 0 Å². The fourth-order valence-corrected chi connectivity index (χ4v) is 2.95.